The number of aliphatic hydroxyl groups excluding tert-OH is 1. The van der Waals surface area contributed by atoms with E-state index in [-0.39, 0.29) is 18.8 Å². The SMILES string of the molecule is CO[C@H]1C[C@@H](CO)N(Cc2cnn(Cc3ccccc3)c2Cl)C1. The molecule has 1 saturated heterocycles. The van der Waals surface area contributed by atoms with Gasteiger partial charge in [-0.05, 0) is 12.0 Å². The fourth-order valence-corrected chi connectivity index (χ4v) is 3.30. The standard InChI is InChI=1S/C17H22ClN3O2/c1-23-16-7-15(12-22)20(11-16)10-14-8-19-21(17(14)18)9-13-5-3-2-4-6-13/h2-6,8,15-16,22H,7,9-12H2,1H3/t15-,16-/m0/s1. The summed E-state index contributed by atoms with van der Waals surface area (Å²) in [5.74, 6) is 0. The summed E-state index contributed by atoms with van der Waals surface area (Å²) in [6, 6.07) is 10.2. The van der Waals surface area contributed by atoms with E-state index in [4.69, 9.17) is 16.3 Å². The Hall–Kier alpha value is -1.40. The summed E-state index contributed by atoms with van der Waals surface area (Å²) >= 11 is 6.49. The topological polar surface area (TPSA) is 50.5 Å². The van der Waals surface area contributed by atoms with E-state index in [1.165, 1.54) is 0 Å². The molecule has 0 saturated carbocycles. The number of halogens is 1. The first kappa shape index (κ1) is 16.5. The molecular formula is C17H22ClN3O2. The summed E-state index contributed by atoms with van der Waals surface area (Å²) < 4.78 is 7.23. The van der Waals surface area contributed by atoms with Crippen LogP contribution in [0.3, 0.4) is 0 Å². The summed E-state index contributed by atoms with van der Waals surface area (Å²) in [5, 5.41) is 14.6. The van der Waals surface area contributed by atoms with Crippen LogP contribution in [0.5, 0.6) is 0 Å². The van der Waals surface area contributed by atoms with E-state index in [9.17, 15) is 5.11 Å². The smallest absolute Gasteiger partial charge is 0.131 e. The highest BCUT2D eigenvalue weighted by Gasteiger charge is 2.32. The Kier molecular flexibility index (Phi) is 5.33. The minimum atomic E-state index is 0.119. The van der Waals surface area contributed by atoms with Crippen molar-refractivity contribution >= 4 is 11.6 Å². The van der Waals surface area contributed by atoms with Crippen molar-refractivity contribution in [1.82, 2.24) is 14.7 Å². The molecule has 1 N–H and O–H groups in total. The van der Waals surface area contributed by atoms with Crippen LogP contribution in [0.1, 0.15) is 17.5 Å². The Balaban J connectivity index is 1.69. The minimum Gasteiger partial charge on any atom is -0.395 e. The number of hydrogen-bond acceptors (Lipinski definition) is 4. The van der Waals surface area contributed by atoms with Gasteiger partial charge in [0, 0.05) is 31.8 Å². The summed E-state index contributed by atoms with van der Waals surface area (Å²) in [4.78, 5) is 2.21. The minimum absolute atomic E-state index is 0.119. The second kappa shape index (κ2) is 7.45. The number of likely N-dealkylation sites (tertiary alicyclic amines) is 1. The van der Waals surface area contributed by atoms with Gasteiger partial charge in [-0.3, -0.25) is 4.90 Å². The number of aromatic nitrogens is 2. The molecule has 6 heteroatoms. The Labute approximate surface area is 141 Å². The molecule has 1 aliphatic heterocycles. The summed E-state index contributed by atoms with van der Waals surface area (Å²) in [6.45, 7) is 2.28. The summed E-state index contributed by atoms with van der Waals surface area (Å²) in [7, 11) is 1.72. The Morgan fingerprint density at radius 3 is 2.78 bits per heavy atom. The lowest BCUT2D eigenvalue weighted by atomic mass is 10.2. The van der Waals surface area contributed by atoms with Crippen LogP contribution in [0.2, 0.25) is 5.15 Å². The van der Waals surface area contributed by atoms with Crippen LogP contribution in [0, 0.1) is 0 Å². The molecule has 0 unspecified atom stereocenters. The first-order chi connectivity index (χ1) is 11.2. The molecule has 1 fully saturated rings. The molecule has 0 bridgehead atoms. The average Bonchev–Trinajstić information content (AvgIpc) is 3.14. The maximum absolute atomic E-state index is 9.55. The third kappa shape index (κ3) is 3.75. The molecule has 0 aliphatic carbocycles. The fraction of sp³-hybridized carbons (Fsp3) is 0.471. The Morgan fingerprint density at radius 2 is 2.09 bits per heavy atom. The van der Waals surface area contributed by atoms with Gasteiger partial charge in [-0.15, -0.1) is 0 Å². The Morgan fingerprint density at radius 1 is 1.30 bits per heavy atom. The maximum atomic E-state index is 9.55. The van der Waals surface area contributed by atoms with Crippen molar-refractivity contribution in [2.45, 2.75) is 31.7 Å². The molecule has 5 nitrogen and oxygen atoms in total. The van der Waals surface area contributed by atoms with Crippen LogP contribution in [-0.4, -0.2) is 52.2 Å². The van der Waals surface area contributed by atoms with E-state index in [1.54, 1.807) is 7.11 Å². The molecule has 2 heterocycles. The van der Waals surface area contributed by atoms with Gasteiger partial charge in [0.25, 0.3) is 0 Å². The molecular weight excluding hydrogens is 314 g/mol. The van der Waals surface area contributed by atoms with Crippen LogP contribution in [-0.2, 0) is 17.8 Å². The summed E-state index contributed by atoms with van der Waals surface area (Å²) in [6.07, 6.45) is 2.84. The number of ether oxygens (including phenoxy) is 1. The van der Waals surface area contributed by atoms with Crippen LogP contribution < -0.4 is 0 Å². The molecule has 1 aromatic carbocycles. The van der Waals surface area contributed by atoms with Crippen LogP contribution >= 0.6 is 11.6 Å². The average molecular weight is 336 g/mol. The first-order valence-electron chi connectivity index (χ1n) is 7.83. The molecule has 124 valence electrons. The van der Waals surface area contributed by atoms with Crippen LogP contribution in [0.15, 0.2) is 36.5 Å². The van der Waals surface area contributed by atoms with Gasteiger partial charge in [0.2, 0.25) is 0 Å². The lowest BCUT2D eigenvalue weighted by molar-refractivity contribution is 0.107. The zero-order chi connectivity index (χ0) is 16.2. The largest absolute Gasteiger partial charge is 0.395 e. The first-order valence-corrected chi connectivity index (χ1v) is 8.21. The van der Waals surface area contributed by atoms with Gasteiger partial charge in [0.15, 0.2) is 0 Å². The van der Waals surface area contributed by atoms with Gasteiger partial charge < -0.3 is 9.84 Å². The molecule has 1 aromatic heterocycles. The third-order valence-electron chi connectivity index (χ3n) is 4.43. The number of methoxy groups -OCH3 is 1. The normalized spacial score (nSPS) is 21.9. The highest BCUT2D eigenvalue weighted by molar-refractivity contribution is 6.30. The quantitative estimate of drug-likeness (QED) is 0.879. The highest BCUT2D eigenvalue weighted by atomic mass is 35.5. The van der Waals surface area contributed by atoms with E-state index in [0.717, 1.165) is 24.1 Å². The molecule has 1 aliphatic rings. The number of rotatable bonds is 6. The van der Waals surface area contributed by atoms with Crippen molar-refractivity contribution in [1.29, 1.82) is 0 Å². The highest BCUT2D eigenvalue weighted by Crippen LogP contribution is 2.25. The van der Waals surface area contributed by atoms with E-state index in [1.807, 2.05) is 29.1 Å². The maximum Gasteiger partial charge on any atom is 0.131 e. The molecule has 23 heavy (non-hydrogen) atoms. The Bertz CT molecular complexity index is 632. The molecule has 2 aromatic rings. The van der Waals surface area contributed by atoms with Crippen LogP contribution in [0.4, 0.5) is 0 Å². The van der Waals surface area contributed by atoms with E-state index >= 15 is 0 Å². The van der Waals surface area contributed by atoms with E-state index in [2.05, 4.69) is 22.1 Å². The van der Waals surface area contributed by atoms with Crippen molar-refractivity contribution in [2.24, 2.45) is 0 Å². The number of aliphatic hydroxyl groups is 1. The van der Waals surface area contributed by atoms with Gasteiger partial charge in [0.05, 0.1) is 25.5 Å². The number of benzene rings is 1. The number of hydrogen-bond donors (Lipinski definition) is 1. The van der Waals surface area contributed by atoms with Crippen molar-refractivity contribution in [3.05, 3.63) is 52.8 Å². The van der Waals surface area contributed by atoms with Crippen LogP contribution in [0.25, 0.3) is 0 Å². The number of nitrogens with zero attached hydrogens (tertiary/aromatic N) is 3. The second-order valence-corrected chi connectivity index (χ2v) is 6.32. The monoisotopic (exact) mass is 335 g/mol. The van der Waals surface area contributed by atoms with Gasteiger partial charge in [0.1, 0.15) is 5.15 Å². The van der Waals surface area contributed by atoms with Gasteiger partial charge in [-0.1, -0.05) is 41.9 Å². The zero-order valence-corrected chi connectivity index (χ0v) is 14.0. The van der Waals surface area contributed by atoms with Gasteiger partial charge >= 0.3 is 0 Å². The van der Waals surface area contributed by atoms with E-state index in [0.29, 0.717) is 18.2 Å². The molecule has 0 amide bonds. The van der Waals surface area contributed by atoms with E-state index < -0.39 is 0 Å². The van der Waals surface area contributed by atoms with Gasteiger partial charge in [-0.2, -0.15) is 5.10 Å². The lowest BCUT2D eigenvalue weighted by Gasteiger charge is -2.21. The third-order valence-corrected chi connectivity index (χ3v) is 4.86. The molecule has 0 spiro atoms. The molecule has 0 radical (unpaired) electrons. The van der Waals surface area contributed by atoms with Crippen molar-refractivity contribution in [2.75, 3.05) is 20.3 Å². The summed E-state index contributed by atoms with van der Waals surface area (Å²) in [5.41, 5.74) is 2.15. The predicted molar refractivity (Wildman–Crippen MR) is 89.5 cm³/mol. The van der Waals surface area contributed by atoms with Crippen molar-refractivity contribution < 1.29 is 9.84 Å². The lowest BCUT2D eigenvalue weighted by Crippen LogP contribution is -2.32. The van der Waals surface area contributed by atoms with Crippen molar-refractivity contribution in [3.8, 4) is 0 Å². The fourth-order valence-electron chi connectivity index (χ4n) is 3.09. The second-order valence-electron chi connectivity index (χ2n) is 5.96. The molecule has 3 rings (SSSR count). The zero-order valence-electron chi connectivity index (χ0n) is 13.2. The van der Waals surface area contributed by atoms with Gasteiger partial charge in [-0.25, -0.2) is 4.68 Å². The molecule has 2 atom stereocenters. The van der Waals surface area contributed by atoms with Crippen molar-refractivity contribution in [3.63, 3.8) is 0 Å². The predicted octanol–water partition coefficient (Wildman–Crippen LogP) is 2.17.